The molecule has 0 aliphatic heterocycles. The molecule has 3 nitrogen and oxygen atoms in total. The van der Waals surface area contributed by atoms with Crippen molar-refractivity contribution >= 4 is 11.7 Å². The van der Waals surface area contributed by atoms with E-state index in [4.69, 9.17) is 4.74 Å². The first-order valence-electron chi connectivity index (χ1n) is 7.28. The second-order valence-corrected chi connectivity index (χ2v) is 5.46. The Balaban J connectivity index is 2.15. The third-order valence-corrected chi connectivity index (χ3v) is 4.11. The molecule has 20 heavy (non-hydrogen) atoms. The molecule has 1 fully saturated rings. The first kappa shape index (κ1) is 14.8. The van der Waals surface area contributed by atoms with Crippen LogP contribution in [0.4, 0.5) is 10.1 Å². The highest BCUT2D eigenvalue weighted by atomic mass is 19.1. The van der Waals surface area contributed by atoms with E-state index in [1.165, 1.54) is 44.6 Å². The van der Waals surface area contributed by atoms with Gasteiger partial charge >= 0.3 is 5.97 Å². The van der Waals surface area contributed by atoms with Crippen LogP contribution in [-0.4, -0.2) is 19.1 Å². The Morgan fingerprint density at radius 3 is 2.95 bits per heavy atom. The molecule has 2 atom stereocenters. The number of anilines is 1. The van der Waals surface area contributed by atoms with Gasteiger partial charge < -0.3 is 10.1 Å². The molecule has 1 N–H and O–H groups in total. The number of carbonyl (C=O) groups is 1. The molecular formula is C16H22FNO2. The molecule has 110 valence electrons. The van der Waals surface area contributed by atoms with Gasteiger partial charge in [0.1, 0.15) is 5.82 Å². The predicted octanol–water partition coefficient (Wildman–Crippen LogP) is 3.99. The quantitative estimate of drug-likeness (QED) is 0.847. The second kappa shape index (κ2) is 6.73. The summed E-state index contributed by atoms with van der Waals surface area (Å²) in [6, 6.07) is 4.44. The van der Waals surface area contributed by atoms with E-state index >= 15 is 0 Å². The van der Waals surface area contributed by atoms with Crippen LogP contribution in [0.25, 0.3) is 0 Å². The van der Waals surface area contributed by atoms with Crippen molar-refractivity contribution in [2.24, 2.45) is 5.92 Å². The molecular weight excluding hydrogens is 257 g/mol. The van der Waals surface area contributed by atoms with E-state index in [0.29, 0.717) is 17.3 Å². The van der Waals surface area contributed by atoms with Crippen LogP contribution in [-0.2, 0) is 4.74 Å². The van der Waals surface area contributed by atoms with Crippen molar-refractivity contribution in [3.63, 3.8) is 0 Å². The summed E-state index contributed by atoms with van der Waals surface area (Å²) in [5.41, 5.74) is 0.936. The van der Waals surface area contributed by atoms with Crippen LogP contribution in [0, 0.1) is 11.7 Å². The van der Waals surface area contributed by atoms with Crippen LogP contribution in [0.15, 0.2) is 18.2 Å². The predicted molar refractivity (Wildman–Crippen MR) is 77.4 cm³/mol. The molecule has 1 aromatic carbocycles. The minimum atomic E-state index is -0.435. The van der Waals surface area contributed by atoms with Crippen molar-refractivity contribution in [1.82, 2.24) is 0 Å². The number of methoxy groups -OCH3 is 1. The normalized spacial score (nSPS) is 22.4. The van der Waals surface area contributed by atoms with Gasteiger partial charge in [-0.2, -0.15) is 0 Å². The molecule has 0 radical (unpaired) electrons. The van der Waals surface area contributed by atoms with Gasteiger partial charge in [0.25, 0.3) is 0 Å². The lowest BCUT2D eigenvalue weighted by molar-refractivity contribution is 0.0601. The largest absolute Gasteiger partial charge is 0.465 e. The van der Waals surface area contributed by atoms with Crippen molar-refractivity contribution in [3.8, 4) is 0 Å². The van der Waals surface area contributed by atoms with Crippen LogP contribution in [0.5, 0.6) is 0 Å². The summed E-state index contributed by atoms with van der Waals surface area (Å²) >= 11 is 0. The van der Waals surface area contributed by atoms with E-state index in [9.17, 15) is 9.18 Å². The molecule has 0 amide bonds. The highest BCUT2D eigenvalue weighted by Gasteiger charge is 2.22. The fraction of sp³-hybridized carbons (Fsp3) is 0.562. The number of carbonyl (C=O) groups excluding carboxylic acids is 1. The summed E-state index contributed by atoms with van der Waals surface area (Å²) in [7, 11) is 1.34. The van der Waals surface area contributed by atoms with Gasteiger partial charge in [-0.15, -0.1) is 0 Å². The number of hydrogen-bond donors (Lipinski definition) is 1. The van der Waals surface area contributed by atoms with Gasteiger partial charge in [-0.05, 0) is 37.0 Å². The fourth-order valence-corrected chi connectivity index (χ4v) is 2.94. The van der Waals surface area contributed by atoms with E-state index in [1.807, 2.05) is 0 Å². The topological polar surface area (TPSA) is 38.3 Å². The second-order valence-electron chi connectivity index (χ2n) is 5.46. The number of rotatable bonds is 4. The average Bonchev–Trinajstić information content (AvgIpc) is 2.47. The van der Waals surface area contributed by atoms with Gasteiger partial charge in [-0.1, -0.05) is 26.2 Å². The molecule has 1 aromatic rings. The number of benzene rings is 1. The monoisotopic (exact) mass is 279 g/mol. The summed E-state index contributed by atoms with van der Waals surface area (Å²) in [5, 5.41) is 3.33. The molecule has 1 aliphatic rings. The number of halogens is 1. The van der Waals surface area contributed by atoms with Crippen molar-refractivity contribution in [1.29, 1.82) is 0 Å². The van der Waals surface area contributed by atoms with Gasteiger partial charge in [-0.3, -0.25) is 0 Å². The van der Waals surface area contributed by atoms with Crippen LogP contribution in [0.1, 0.15) is 49.4 Å². The molecule has 0 spiro atoms. The van der Waals surface area contributed by atoms with Gasteiger partial charge in [0.15, 0.2) is 0 Å². The summed E-state index contributed by atoms with van der Waals surface area (Å²) in [4.78, 5) is 11.7. The zero-order valence-electron chi connectivity index (χ0n) is 12.1. The third-order valence-electron chi connectivity index (χ3n) is 4.11. The maximum absolute atomic E-state index is 13.4. The molecule has 0 heterocycles. The van der Waals surface area contributed by atoms with E-state index < -0.39 is 5.97 Å². The first-order valence-corrected chi connectivity index (χ1v) is 7.28. The smallest absolute Gasteiger partial charge is 0.339 e. The minimum absolute atomic E-state index is 0.305. The SMILES string of the molecule is CCC1CCCC(Nc2cc(F)ccc2C(=O)OC)C1. The van der Waals surface area contributed by atoms with Gasteiger partial charge in [0.05, 0.1) is 18.4 Å². The Kier molecular flexibility index (Phi) is 4.99. The maximum Gasteiger partial charge on any atom is 0.339 e. The van der Waals surface area contributed by atoms with Crippen molar-refractivity contribution in [2.75, 3.05) is 12.4 Å². The lowest BCUT2D eigenvalue weighted by atomic mass is 9.84. The Labute approximate surface area is 119 Å². The summed E-state index contributed by atoms with van der Waals surface area (Å²) < 4.78 is 18.2. The Morgan fingerprint density at radius 1 is 1.45 bits per heavy atom. The van der Waals surface area contributed by atoms with Crippen molar-refractivity contribution in [3.05, 3.63) is 29.6 Å². The molecule has 2 unspecified atom stereocenters. The average molecular weight is 279 g/mol. The van der Waals surface area contributed by atoms with Gasteiger partial charge in [0.2, 0.25) is 0 Å². The fourth-order valence-electron chi connectivity index (χ4n) is 2.94. The molecule has 0 aromatic heterocycles. The number of ether oxygens (including phenoxy) is 1. The highest BCUT2D eigenvalue weighted by molar-refractivity contribution is 5.95. The first-order chi connectivity index (χ1) is 9.63. The van der Waals surface area contributed by atoms with E-state index in [1.54, 1.807) is 0 Å². The Hall–Kier alpha value is -1.58. The Morgan fingerprint density at radius 2 is 2.25 bits per heavy atom. The van der Waals surface area contributed by atoms with E-state index in [2.05, 4.69) is 12.2 Å². The maximum atomic E-state index is 13.4. The van der Waals surface area contributed by atoms with Gasteiger partial charge in [-0.25, -0.2) is 9.18 Å². The third kappa shape index (κ3) is 3.50. The zero-order valence-corrected chi connectivity index (χ0v) is 12.1. The minimum Gasteiger partial charge on any atom is -0.465 e. The number of nitrogens with one attached hydrogen (secondary N) is 1. The van der Waals surface area contributed by atoms with Crippen LogP contribution < -0.4 is 5.32 Å². The summed E-state index contributed by atoms with van der Waals surface area (Å²) in [6.07, 6.45) is 5.76. The highest BCUT2D eigenvalue weighted by Crippen LogP contribution is 2.30. The molecule has 0 saturated heterocycles. The zero-order chi connectivity index (χ0) is 14.5. The molecule has 2 rings (SSSR count). The molecule has 1 aliphatic carbocycles. The summed E-state index contributed by atoms with van der Waals surface area (Å²) in [5.74, 6) is -0.0604. The van der Waals surface area contributed by atoms with E-state index in [0.717, 1.165) is 18.8 Å². The molecule has 0 bridgehead atoms. The summed E-state index contributed by atoms with van der Waals surface area (Å²) in [6.45, 7) is 2.20. The Bertz CT molecular complexity index is 476. The van der Waals surface area contributed by atoms with Crippen LogP contribution in [0.2, 0.25) is 0 Å². The standard InChI is InChI=1S/C16H22FNO2/c1-3-11-5-4-6-13(9-11)18-15-10-12(17)7-8-14(15)16(19)20-2/h7-8,10-11,13,18H,3-6,9H2,1-2H3. The molecule has 4 heteroatoms. The van der Waals surface area contributed by atoms with Crippen molar-refractivity contribution in [2.45, 2.75) is 45.1 Å². The molecule has 1 saturated carbocycles. The van der Waals surface area contributed by atoms with Crippen LogP contribution >= 0.6 is 0 Å². The van der Waals surface area contributed by atoms with Crippen LogP contribution in [0.3, 0.4) is 0 Å². The lowest BCUT2D eigenvalue weighted by Crippen LogP contribution is -2.28. The van der Waals surface area contributed by atoms with Crippen molar-refractivity contribution < 1.29 is 13.9 Å². The number of esters is 1. The van der Waals surface area contributed by atoms with Gasteiger partial charge in [0, 0.05) is 6.04 Å². The lowest BCUT2D eigenvalue weighted by Gasteiger charge is -2.30. The number of hydrogen-bond acceptors (Lipinski definition) is 3. The van der Waals surface area contributed by atoms with E-state index in [-0.39, 0.29) is 5.82 Å².